The molecule has 2 rings (SSSR count). The number of rotatable bonds is 2. The van der Waals surface area contributed by atoms with Gasteiger partial charge in [-0.15, -0.1) is 0 Å². The molecular formula is C12H9ClN2O. The van der Waals surface area contributed by atoms with Crippen molar-refractivity contribution in [3.05, 3.63) is 53.6 Å². The van der Waals surface area contributed by atoms with Gasteiger partial charge in [-0.2, -0.15) is 10.2 Å². The molecule has 0 aliphatic rings. The minimum absolute atomic E-state index is 0.0420. The Morgan fingerprint density at radius 1 is 0.875 bits per heavy atom. The number of azo groups is 1. The lowest BCUT2D eigenvalue weighted by atomic mass is 10.3. The van der Waals surface area contributed by atoms with Crippen LogP contribution in [0.5, 0.6) is 5.75 Å². The summed E-state index contributed by atoms with van der Waals surface area (Å²) in [6, 6.07) is 14.1. The maximum atomic E-state index is 9.22. The van der Waals surface area contributed by atoms with Gasteiger partial charge >= 0.3 is 0 Å². The molecule has 0 saturated heterocycles. The normalized spacial score (nSPS) is 10.8. The molecule has 0 bridgehead atoms. The van der Waals surface area contributed by atoms with Crippen LogP contribution in [0.2, 0.25) is 5.02 Å². The number of nitrogens with zero attached hydrogens (tertiary/aromatic N) is 2. The van der Waals surface area contributed by atoms with Crippen LogP contribution in [0.25, 0.3) is 0 Å². The van der Waals surface area contributed by atoms with Gasteiger partial charge < -0.3 is 5.11 Å². The molecule has 0 spiro atoms. The molecule has 2 aromatic rings. The highest BCUT2D eigenvalue weighted by Crippen LogP contribution is 2.28. The number of benzene rings is 2. The molecule has 16 heavy (non-hydrogen) atoms. The quantitative estimate of drug-likeness (QED) is 0.764. The van der Waals surface area contributed by atoms with Crippen LogP contribution in [0.3, 0.4) is 0 Å². The summed E-state index contributed by atoms with van der Waals surface area (Å²) in [6.45, 7) is 0. The van der Waals surface area contributed by atoms with Gasteiger partial charge in [-0.3, -0.25) is 0 Å². The molecule has 0 aliphatic heterocycles. The summed E-state index contributed by atoms with van der Waals surface area (Å²) in [6.07, 6.45) is 0. The van der Waals surface area contributed by atoms with Crippen LogP contribution in [0, 0.1) is 0 Å². The van der Waals surface area contributed by atoms with Gasteiger partial charge in [0.05, 0.1) is 16.4 Å². The van der Waals surface area contributed by atoms with E-state index in [0.29, 0.717) is 5.69 Å². The molecule has 0 aromatic heterocycles. The predicted molar refractivity (Wildman–Crippen MR) is 63.7 cm³/mol. The van der Waals surface area contributed by atoms with Gasteiger partial charge in [0.15, 0.2) is 0 Å². The van der Waals surface area contributed by atoms with Crippen molar-refractivity contribution in [2.75, 3.05) is 0 Å². The summed E-state index contributed by atoms with van der Waals surface area (Å²) in [7, 11) is 0. The number of hydrogen-bond donors (Lipinski definition) is 1. The maximum Gasteiger partial charge on any atom is 0.134 e. The third-order valence-electron chi connectivity index (χ3n) is 1.97. The van der Waals surface area contributed by atoms with Gasteiger partial charge in [-0.1, -0.05) is 29.8 Å². The first-order chi connectivity index (χ1) is 7.75. The molecule has 0 heterocycles. The van der Waals surface area contributed by atoms with Gasteiger partial charge in [0, 0.05) is 0 Å². The zero-order valence-electron chi connectivity index (χ0n) is 8.34. The average Bonchev–Trinajstić information content (AvgIpc) is 2.32. The van der Waals surface area contributed by atoms with Crippen molar-refractivity contribution in [2.45, 2.75) is 0 Å². The molecule has 0 aliphatic carbocycles. The van der Waals surface area contributed by atoms with E-state index in [1.807, 2.05) is 30.3 Å². The first-order valence-corrected chi connectivity index (χ1v) is 5.09. The van der Waals surface area contributed by atoms with Crippen molar-refractivity contribution in [1.29, 1.82) is 0 Å². The Morgan fingerprint density at radius 2 is 1.56 bits per heavy atom. The lowest BCUT2D eigenvalue weighted by molar-refractivity contribution is 0.475. The summed E-state index contributed by atoms with van der Waals surface area (Å²) in [5.41, 5.74) is 1.37. The van der Waals surface area contributed by atoms with Crippen LogP contribution in [0.1, 0.15) is 0 Å². The summed E-state index contributed by atoms with van der Waals surface area (Å²) < 4.78 is 0. The molecule has 2 aromatic carbocycles. The Morgan fingerprint density at radius 3 is 2.25 bits per heavy atom. The van der Waals surface area contributed by atoms with Gasteiger partial charge in [0.2, 0.25) is 0 Å². The monoisotopic (exact) mass is 232 g/mol. The SMILES string of the molecule is Oc1ccc(/N=N/c2ccccc2)cc1Cl. The van der Waals surface area contributed by atoms with E-state index in [1.165, 1.54) is 6.07 Å². The first kappa shape index (κ1) is 10.6. The second-order valence-electron chi connectivity index (χ2n) is 3.17. The Kier molecular flexibility index (Phi) is 3.17. The molecule has 0 amide bonds. The molecule has 0 radical (unpaired) electrons. The Hall–Kier alpha value is -1.87. The third-order valence-corrected chi connectivity index (χ3v) is 2.27. The van der Waals surface area contributed by atoms with Crippen LogP contribution < -0.4 is 0 Å². The predicted octanol–water partition coefficient (Wildman–Crippen LogP) is 4.46. The Labute approximate surface area is 98.0 Å². The second-order valence-corrected chi connectivity index (χ2v) is 3.58. The topological polar surface area (TPSA) is 45.0 Å². The number of phenolic OH excluding ortho intramolecular Hbond substituents is 1. The van der Waals surface area contributed by atoms with E-state index < -0.39 is 0 Å². The van der Waals surface area contributed by atoms with Crippen molar-refractivity contribution in [3.8, 4) is 5.75 Å². The summed E-state index contributed by atoms with van der Waals surface area (Å²) >= 11 is 5.74. The van der Waals surface area contributed by atoms with Crippen molar-refractivity contribution < 1.29 is 5.11 Å². The van der Waals surface area contributed by atoms with Crippen molar-refractivity contribution in [2.24, 2.45) is 10.2 Å². The fourth-order valence-corrected chi connectivity index (χ4v) is 1.34. The highest BCUT2D eigenvalue weighted by Gasteiger charge is 1.98. The molecule has 0 atom stereocenters. The van der Waals surface area contributed by atoms with E-state index in [-0.39, 0.29) is 10.8 Å². The minimum atomic E-state index is 0.0420. The van der Waals surface area contributed by atoms with Gasteiger partial charge in [-0.05, 0) is 30.3 Å². The van der Waals surface area contributed by atoms with E-state index in [0.717, 1.165) is 5.69 Å². The fourth-order valence-electron chi connectivity index (χ4n) is 1.17. The van der Waals surface area contributed by atoms with E-state index in [2.05, 4.69) is 10.2 Å². The van der Waals surface area contributed by atoms with Crippen molar-refractivity contribution in [3.63, 3.8) is 0 Å². The average molecular weight is 233 g/mol. The van der Waals surface area contributed by atoms with E-state index >= 15 is 0 Å². The zero-order chi connectivity index (χ0) is 11.4. The lowest BCUT2D eigenvalue weighted by Crippen LogP contribution is -1.68. The van der Waals surface area contributed by atoms with Crippen LogP contribution in [0.15, 0.2) is 58.8 Å². The molecule has 1 N–H and O–H groups in total. The molecule has 0 unspecified atom stereocenters. The highest BCUT2D eigenvalue weighted by molar-refractivity contribution is 6.32. The van der Waals surface area contributed by atoms with E-state index in [4.69, 9.17) is 11.6 Å². The number of phenols is 1. The summed E-state index contributed by atoms with van der Waals surface area (Å²) in [5.74, 6) is 0.0420. The summed E-state index contributed by atoms with van der Waals surface area (Å²) in [4.78, 5) is 0. The number of hydrogen-bond acceptors (Lipinski definition) is 3. The van der Waals surface area contributed by atoms with Crippen LogP contribution in [-0.2, 0) is 0 Å². The maximum absolute atomic E-state index is 9.22. The fraction of sp³-hybridized carbons (Fsp3) is 0. The first-order valence-electron chi connectivity index (χ1n) is 4.71. The lowest BCUT2D eigenvalue weighted by Gasteiger charge is -1.96. The highest BCUT2D eigenvalue weighted by atomic mass is 35.5. The van der Waals surface area contributed by atoms with Crippen LogP contribution in [0.4, 0.5) is 11.4 Å². The van der Waals surface area contributed by atoms with E-state index in [1.54, 1.807) is 12.1 Å². The Bertz CT molecular complexity index is 512. The number of halogens is 1. The standard InChI is InChI=1S/C12H9ClN2O/c13-11-8-10(6-7-12(11)16)15-14-9-4-2-1-3-5-9/h1-8,16H/b15-14+. The van der Waals surface area contributed by atoms with Crippen LogP contribution in [-0.4, -0.2) is 5.11 Å². The van der Waals surface area contributed by atoms with Gasteiger partial charge in [0.1, 0.15) is 5.75 Å². The van der Waals surface area contributed by atoms with E-state index in [9.17, 15) is 5.11 Å². The van der Waals surface area contributed by atoms with Gasteiger partial charge in [-0.25, -0.2) is 0 Å². The molecule has 0 saturated carbocycles. The molecule has 4 heteroatoms. The smallest absolute Gasteiger partial charge is 0.134 e. The number of aromatic hydroxyl groups is 1. The molecule has 0 fully saturated rings. The van der Waals surface area contributed by atoms with Crippen LogP contribution >= 0.6 is 11.6 Å². The van der Waals surface area contributed by atoms with Crippen molar-refractivity contribution in [1.82, 2.24) is 0 Å². The second kappa shape index (κ2) is 4.77. The largest absolute Gasteiger partial charge is 0.506 e. The van der Waals surface area contributed by atoms with Crippen molar-refractivity contribution >= 4 is 23.0 Å². The molecule has 3 nitrogen and oxygen atoms in total. The molecular weight excluding hydrogens is 224 g/mol. The third kappa shape index (κ3) is 2.58. The molecule has 80 valence electrons. The van der Waals surface area contributed by atoms with Gasteiger partial charge in [0.25, 0.3) is 0 Å². The zero-order valence-corrected chi connectivity index (χ0v) is 9.09. The minimum Gasteiger partial charge on any atom is -0.506 e. The Balaban J connectivity index is 2.21. The summed E-state index contributed by atoms with van der Waals surface area (Å²) in [5, 5.41) is 17.5.